The molecule has 1 N–H and O–H groups in total. The third-order valence-corrected chi connectivity index (χ3v) is 10.3. The first-order valence-corrected chi connectivity index (χ1v) is 15.9. The van der Waals surface area contributed by atoms with Crippen molar-refractivity contribution in [2.24, 2.45) is 0 Å². The molecule has 4 aliphatic rings. The molecule has 2 aromatic carbocycles. The van der Waals surface area contributed by atoms with Gasteiger partial charge < -0.3 is 24.5 Å². The van der Waals surface area contributed by atoms with E-state index in [-0.39, 0.29) is 89.0 Å². The summed E-state index contributed by atoms with van der Waals surface area (Å²) in [4.78, 5) is 44.1. The summed E-state index contributed by atoms with van der Waals surface area (Å²) in [5.74, 6) is 0.374. The second kappa shape index (κ2) is 10.9. The van der Waals surface area contributed by atoms with Crippen LogP contribution in [0.15, 0.2) is 43.1 Å². The molecule has 4 aromatic rings. The Hall–Kier alpha value is -5.28. The predicted octanol–water partition coefficient (Wildman–Crippen LogP) is 4.21. The summed E-state index contributed by atoms with van der Waals surface area (Å²) >= 11 is 0. The van der Waals surface area contributed by atoms with E-state index in [1.807, 2.05) is 18.9 Å². The van der Waals surface area contributed by atoms with Crippen molar-refractivity contribution in [2.45, 2.75) is 43.9 Å². The number of pyridine rings is 2. The number of aromatic hydroxyl groups is 1. The maximum atomic E-state index is 16.9. The Kier molecular flexibility index (Phi) is 6.82. The molecule has 0 spiro atoms. The van der Waals surface area contributed by atoms with E-state index in [0.717, 1.165) is 19.4 Å². The molecule has 8 rings (SSSR count). The molecule has 0 radical (unpaired) electrons. The number of benzene rings is 2. The number of rotatable bonds is 3. The SMILES string of the molecule is C#Cc1c(F)ccc2cc(O)cc(-c3ncc4c5c6c(nc4c3F)OC[C@@H]([C@@H]3CCCN3C)N6C(=O)[C@H]3CN(C(=O)C=C)[C@H](C)CN53)c12. The van der Waals surface area contributed by atoms with Crippen molar-refractivity contribution < 1.29 is 28.2 Å². The van der Waals surface area contributed by atoms with Crippen LogP contribution in [0.4, 0.5) is 20.2 Å². The molecular formula is C36H32F2N6O4. The quantitative estimate of drug-likeness (QED) is 0.260. The van der Waals surface area contributed by atoms with Gasteiger partial charge in [-0.05, 0) is 63.0 Å². The van der Waals surface area contributed by atoms with Gasteiger partial charge in [-0.3, -0.25) is 19.5 Å². The van der Waals surface area contributed by atoms with E-state index in [2.05, 4.69) is 27.4 Å². The highest BCUT2D eigenvalue weighted by Crippen LogP contribution is 2.52. The minimum Gasteiger partial charge on any atom is -0.508 e. The fourth-order valence-corrected chi connectivity index (χ4v) is 8.09. The average molecular weight is 651 g/mol. The number of hydrogen-bond acceptors (Lipinski definition) is 8. The van der Waals surface area contributed by atoms with Gasteiger partial charge in [0.25, 0.3) is 5.91 Å². The number of hydrogen-bond donors (Lipinski definition) is 1. The number of halogens is 2. The number of amides is 2. The summed E-state index contributed by atoms with van der Waals surface area (Å²) in [6.07, 6.45) is 10.3. The van der Waals surface area contributed by atoms with Crippen LogP contribution < -0.4 is 14.5 Å². The lowest BCUT2D eigenvalue weighted by molar-refractivity contribution is -0.131. The first-order chi connectivity index (χ1) is 23.1. The molecule has 4 atom stereocenters. The van der Waals surface area contributed by atoms with Crippen LogP contribution in [0.5, 0.6) is 11.6 Å². The van der Waals surface area contributed by atoms with Gasteiger partial charge >= 0.3 is 0 Å². The van der Waals surface area contributed by atoms with Crippen LogP contribution >= 0.6 is 0 Å². The smallest absolute Gasteiger partial charge is 0.252 e. The number of ether oxygens (including phenoxy) is 1. The summed E-state index contributed by atoms with van der Waals surface area (Å²) in [6.45, 7) is 7.00. The number of likely N-dealkylation sites (N-methyl/N-ethyl adjacent to an activating group) is 1. The van der Waals surface area contributed by atoms with Crippen LogP contribution in [0.2, 0.25) is 0 Å². The maximum absolute atomic E-state index is 16.9. The minimum absolute atomic E-state index is 0.0349. The molecule has 48 heavy (non-hydrogen) atoms. The molecule has 244 valence electrons. The largest absolute Gasteiger partial charge is 0.508 e. The summed E-state index contributed by atoms with van der Waals surface area (Å²) < 4.78 is 38.1. The van der Waals surface area contributed by atoms with Gasteiger partial charge in [-0.15, -0.1) is 6.42 Å². The van der Waals surface area contributed by atoms with Crippen molar-refractivity contribution in [1.82, 2.24) is 19.8 Å². The summed E-state index contributed by atoms with van der Waals surface area (Å²) in [6, 6.07) is 4.05. The Bertz CT molecular complexity index is 2130. The minimum atomic E-state index is -0.819. The monoisotopic (exact) mass is 650 g/mol. The average Bonchev–Trinajstić information content (AvgIpc) is 3.51. The van der Waals surface area contributed by atoms with Gasteiger partial charge in [-0.25, -0.2) is 13.8 Å². The number of fused-ring (bicyclic) bond motifs is 5. The molecule has 2 saturated heterocycles. The van der Waals surface area contributed by atoms with Crippen molar-refractivity contribution in [3.8, 4) is 35.2 Å². The first-order valence-electron chi connectivity index (χ1n) is 15.9. The van der Waals surface area contributed by atoms with Crippen LogP contribution in [-0.2, 0) is 9.59 Å². The number of likely N-dealkylation sites (tertiary alicyclic amines) is 1. The number of carbonyl (C=O) groups is 2. The zero-order valence-corrected chi connectivity index (χ0v) is 26.4. The number of terminal acetylenes is 1. The van der Waals surface area contributed by atoms with Crippen LogP contribution in [0.25, 0.3) is 32.9 Å². The van der Waals surface area contributed by atoms with Gasteiger partial charge in [-0.2, -0.15) is 0 Å². The van der Waals surface area contributed by atoms with Gasteiger partial charge in [0.05, 0.1) is 23.8 Å². The molecular weight excluding hydrogens is 618 g/mol. The standard InChI is InChI=1S/C36H32F2N6O4/c1-5-21-24(37)10-9-19-12-20(45)13-22(29(19)21)31-30(38)32-23(14-39-31)33-34-35(40-32)48-17-27(25-8-7-11-41(25)4)44(34)36(47)26-16-42(28(46)6-2)18(3)15-43(26)33/h1,6,9-10,12-14,18,25-27,45H,2,7-8,11,15-17H2,3-4H3/t18-,25+,26-,27+/m1/s1. The number of nitrogens with zero attached hydrogens (tertiary/aromatic N) is 6. The molecule has 6 heterocycles. The summed E-state index contributed by atoms with van der Waals surface area (Å²) in [7, 11) is 2.03. The normalized spacial score (nSPS) is 23.6. The Morgan fingerprint density at radius 1 is 1.21 bits per heavy atom. The van der Waals surface area contributed by atoms with Gasteiger partial charge in [0.15, 0.2) is 5.82 Å². The van der Waals surface area contributed by atoms with E-state index in [1.54, 1.807) is 9.80 Å². The van der Waals surface area contributed by atoms with Crippen molar-refractivity contribution in [2.75, 3.05) is 43.1 Å². The van der Waals surface area contributed by atoms with Crippen molar-refractivity contribution in [3.63, 3.8) is 0 Å². The maximum Gasteiger partial charge on any atom is 0.252 e. The fourth-order valence-electron chi connectivity index (χ4n) is 8.09. The molecule has 0 bridgehead atoms. The van der Waals surface area contributed by atoms with E-state index in [4.69, 9.17) is 11.2 Å². The highest BCUT2D eigenvalue weighted by molar-refractivity contribution is 6.15. The molecule has 4 aliphatic heterocycles. The lowest BCUT2D eigenvalue weighted by Gasteiger charge is -2.53. The number of phenolic OH excluding ortho intramolecular Hbond substituents is 1. The van der Waals surface area contributed by atoms with E-state index in [0.29, 0.717) is 22.1 Å². The first kappa shape index (κ1) is 30.1. The zero-order chi connectivity index (χ0) is 33.6. The second-order valence-electron chi connectivity index (χ2n) is 12.9. The Labute approximate surface area is 275 Å². The Balaban J connectivity index is 1.37. The van der Waals surface area contributed by atoms with Gasteiger partial charge in [0.2, 0.25) is 11.8 Å². The van der Waals surface area contributed by atoms with Gasteiger partial charge in [0.1, 0.15) is 41.1 Å². The van der Waals surface area contributed by atoms with Crippen molar-refractivity contribution >= 4 is 44.9 Å². The molecule has 12 heteroatoms. The predicted molar refractivity (Wildman–Crippen MR) is 177 cm³/mol. The van der Waals surface area contributed by atoms with Crippen molar-refractivity contribution in [1.29, 1.82) is 0 Å². The summed E-state index contributed by atoms with van der Waals surface area (Å²) in [5, 5.41) is 11.6. The highest BCUT2D eigenvalue weighted by atomic mass is 19.1. The number of anilines is 2. The molecule has 0 unspecified atom stereocenters. The Morgan fingerprint density at radius 3 is 2.75 bits per heavy atom. The highest BCUT2D eigenvalue weighted by Gasteiger charge is 2.52. The lowest BCUT2D eigenvalue weighted by atomic mass is 9.93. The van der Waals surface area contributed by atoms with E-state index >= 15 is 4.39 Å². The van der Waals surface area contributed by atoms with Crippen LogP contribution in [0, 0.1) is 24.0 Å². The summed E-state index contributed by atoms with van der Waals surface area (Å²) in [5.41, 5.74) is 0.796. The second-order valence-corrected chi connectivity index (χ2v) is 12.9. The van der Waals surface area contributed by atoms with Crippen LogP contribution in [-0.4, -0.2) is 94.1 Å². The Morgan fingerprint density at radius 2 is 2.02 bits per heavy atom. The number of aromatic nitrogens is 2. The van der Waals surface area contributed by atoms with E-state index in [1.165, 1.54) is 36.5 Å². The van der Waals surface area contributed by atoms with Crippen LogP contribution in [0.1, 0.15) is 25.3 Å². The number of phenols is 1. The topological polar surface area (TPSA) is 102 Å². The van der Waals surface area contributed by atoms with Gasteiger partial charge in [0, 0.05) is 41.2 Å². The van der Waals surface area contributed by atoms with Gasteiger partial charge in [-0.1, -0.05) is 18.6 Å². The lowest BCUT2D eigenvalue weighted by Crippen LogP contribution is -2.69. The van der Waals surface area contributed by atoms with Crippen LogP contribution in [0.3, 0.4) is 0 Å². The zero-order valence-electron chi connectivity index (χ0n) is 26.4. The molecule has 0 aliphatic carbocycles. The number of carbonyl (C=O) groups excluding carboxylic acids is 2. The molecule has 10 nitrogen and oxygen atoms in total. The van der Waals surface area contributed by atoms with E-state index in [9.17, 15) is 19.1 Å². The molecule has 2 aromatic heterocycles. The fraction of sp³-hybridized carbons (Fsp3) is 0.333. The molecule has 2 fully saturated rings. The van der Waals surface area contributed by atoms with Crippen molar-refractivity contribution in [3.05, 3.63) is 60.3 Å². The third kappa shape index (κ3) is 4.20. The third-order valence-electron chi connectivity index (χ3n) is 10.3. The molecule has 2 amide bonds. The van der Waals surface area contributed by atoms with E-state index < -0.39 is 17.7 Å². The molecule has 0 saturated carbocycles. The number of piperazine rings is 1.